The predicted molar refractivity (Wildman–Crippen MR) is 84.0 cm³/mol. The maximum atomic E-state index is 11.7. The van der Waals surface area contributed by atoms with Gasteiger partial charge < -0.3 is 4.74 Å². The molecule has 3 nitrogen and oxygen atoms in total. The van der Waals surface area contributed by atoms with Crippen molar-refractivity contribution in [2.75, 3.05) is 13.2 Å². The molecule has 1 aromatic heterocycles. The summed E-state index contributed by atoms with van der Waals surface area (Å²) >= 11 is 1.75. The number of esters is 1. The van der Waals surface area contributed by atoms with Crippen molar-refractivity contribution in [1.82, 2.24) is 4.90 Å². The lowest BCUT2D eigenvalue weighted by molar-refractivity contribution is -0.145. The van der Waals surface area contributed by atoms with E-state index in [0.717, 1.165) is 6.54 Å². The van der Waals surface area contributed by atoms with E-state index in [9.17, 15) is 4.79 Å². The molecule has 4 heteroatoms. The van der Waals surface area contributed by atoms with Crippen LogP contribution in [0.4, 0.5) is 0 Å². The Morgan fingerprint density at radius 2 is 2.10 bits per heavy atom. The summed E-state index contributed by atoms with van der Waals surface area (Å²) in [5.41, 5.74) is 1.28. The normalized spacial score (nSPS) is 11.4. The standard InChI is InChI=1S/C16H21NO2S/c1-4-19-16(18)10-17(12(2)3)9-13-11-20-15-8-6-5-7-14(13)15/h5-8,11-12H,4,9-10H2,1-3H3. The molecule has 2 rings (SSSR count). The number of ether oxygens (including phenoxy) is 1. The molecule has 0 aliphatic carbocycles. The first-order valence-electron chi connectivity index (χ1n) is 6.96. The SMILES string of the molecule is CCOC(=O)CN(Cc1csc2ccccc12)C(C)C. The predicted octanol–water partition coefficient (Wildman–Crippen LogP) is 3.67. The number of thiophene rings is 1. The summed E-state index contributed by atoms with van der Waals surface area (Å²) in [6.07, 6.45) is 0. The summed E-state index contributed by atoms with van der Waals surface area (Å²) in [5.74, 6) is -0.152. The van der Waals surface area contributed by atoms with Crippen LogP contribution in [0.5, 0.6) is 0 Å². The maximum Gasteiger partial charge on any atom is 0.320 e. The van der Waals surface area contributed by atoms with Gasteiger partial charge in [0.15, 0.2) is 0 Å². The van der Waals surface area contributed by atoms with Gasteiger partial charge in [-0.1, -0.05) is 18.2 Å². The van der Waals surface area contributed by atoms with Crippen LogP contribution in [0.3, 0.4) is 0 Å². The third-order valence-electron chi connectivity index (χ3n) is 3.30. The van der Waals surface area contributed by atoms with Gasteiger partial charge in [0.25, 0.3) is 0 Å². The van der Waals surface area contributed by atoms with Gasteiger partial charge in [-0.05, 0) is 43.2 Å². The minimum atomic E-state index is -0.152. The van der Waals surface area contributed by atoms with E-state index < -0.39 is 0 Å². The molecule has 0 amide bonds. The molecule has 0 saturated heterocycles. The Balaban J connectivity index is 2.13. The molecular weight excluding hydrogens is 270 g/mol. The summed E-state index contributed by atoms with van der Waals surface area (Å²) < 4.78 is 6.35. The Bertz CT molecular complexity index is 577. The molecule has 0 unspecified atom stereocenters. The number of carbonyl (C=O) groups excluding carboxylic acids is 1. The fraction of sp³-hybridized carbons (Fsp3) is 0.438. The van der Waals surface area contributed by atoms with Crippen LogP contribution in [-0.4, -0.2) is 30.1 Å². The first kappa shape index (κ1) is 15.0. The van der Waals surface area contributed by atoms with Crippen LogP contribution in [-0.2, 0) is 16.1 Å². The van der Waals surface area contributed by atoms with Crippen molar-refractivity contribution in [3.8, 4) is 0 Å². The second kappa shape index (κ2) is 6.86. The molecule has 0 bridgehead atoms. The van der Waals surface area contributed by atoms with Gasteiger partial charge in [0, 0.05) is 17.3 Å². The van der Waals surface area contributed by atoms with Gasteiger partial charge in [0.05, 0.1) is 13.2 Å². The number of nitrogens with zero attached hydrogens (tertiary/aromatic N) is 1. The van der Waals surface area contributed by atoms with Crippen molar-refractivity contribution in [3.63, 3.8) is 0 Å². The Kier molecular flexibility index (Phi) is 5.15. The van der Waals surface area contributed by atoms with Crippen LogP contribution in [0.2, 0.25) is 0 Å². The van der Waals surface area contributed by atoms with Crippen molar-refractivity contribution in [2.24, 2.45) is 0 Å². The van der Waals surface area contributed by atoms with E-state index in [2.05, 4.69) is 48.4 Å². The lowest BCUT2D eigenvalue weighted by atomic mass is 10.1. The largest absolute Gasteiger partial charge is 0.465 e. The van der Waals surface area contributed by atoms with Gasteiger partial charge in [-0.15, -0.1) is 11.3 Å². The number of fused-ring (bicyclic) bond motifs is 1. The van der Waals surface area contributed by atoms with Crippen LogP contribution >= 0.6 is 11.3 Å². The minimum Gasteiger partial charge on any atom is -0.465 e. The van der Waals surface area contributed by atoms with Crippen LogP contribution in [0.1, 0.15) is 26.3 Å². The van der Waals surface area contributed by atoms with E-state index in [-0.39, 0.29) is 5.97 Å². The summed E-state index contributed by atoms with van der Waals surface area (Å²) in [7, 11) is 0. The topological polar surface area (TPSA) is 29.5 Å². The molecule has 0 fully saturated rings. The average molecular weight is 291 g/mol. The van der Waals surface area contributed by atoms with Gasteiger partial charge >= 0.3 is 5.97 Å². The highest BCUT2D eigenvalue weighted by Crippen LogP contribution is 2.27. The van der Waals surface area contributed by atoms with Crippen molar-refractivity contribution in [3.05, 3.63) is 35.2 Å². The van der Waals surface area contributed by atoms with Crippen LogP contribution in [0, 0.1) is 0 Å². The molecule has 0 saturated carbocycles. The third kappa shape index (κ3) is 3.58. The third-order valence-corrected chi connectivity index (χ3v) is 4.31. The van der Waals surface area contributed by atoms with Crippen molar-refractivity contribution in [2.45, 2.75) is 33.4 Å². The fourth-order valence-corrected chi connectivity index (χ4v) is 3.12. The van der Waals surface area contributed by atoms with E-state index in [1.807, 2.05) is 6.92 Å². The number of benzene rings is 1. The van der Waals surface area contributed by atoms with Crippen LogP contribution in [0.15, 0.2) is 29.6 Å². The lowest BCUT2D eigenvalue weighted by Gasteiger charge is -2.25. The molecule has 0 aliphatic heterocycles. The maximum absolute atomic E-state index is 11.7. The van der Waals surface area contributed by atoms with Crippen LogP contribution in [0.25, 0.3) is 10.1 Å². The molecule has 1 heterocycles. The molecule has 0 aliphatic rings. The molecule has 0 N–H and O–H groups in total. The van der Waals surface area contributed by atoms with Gasteiger partial charge in [0.1, 0.15) is 0 Å². The molecule has 0 radical (unpaired) electrons. The van der Waals surface area contributed by atoms with Crippen molar-refractivity contribution >= 4 is 27.4 Å². The molecule has 0 atom stereocenters. The highest BCUT2D eigenvalue weighted by Gasteiger charge is 2.16. The van der Waals surface area contributed by atoms with E-state index in [4.69, 9.17) is 4.74 Å². The molecule has 108 valence electrons. The number of carbonyl (C=O) groups is 1. The summed E-state index contributed by atoms with van der Waals surface area (Å²) in [4.78, 5) is 13.8. The van der Waals surface area contributed by atoms with Crippen molar-refractivity contribution in [1.29, 1.82) is 0 Å². The first-order valence-corrected chi connectivity index (χ1v) is 7.84. The van der Waals surface area contributed by atoms with Crippen LogP contribution < -0.4 is 0 Å². The Morgan fingerprint density at radius 3 is 2.80 bits per heavy atom. The highest BCUT2D eigenvalue weighted by atomic mass is 32.1. The Hall–Kier alpha value is -1.39. The molecule has 1 aromatic carbocycles. The van der Waals surface area contributed by atoms with E-state index in [1.54, 1.807) is 11.3 Å². The molecule has 0 spiro atoms. The van der Waals surface area contributed by atoms with E-state index >= 15 is 0 Å². The number of hydrogen-bond donors (Lipinski definition) is 0. The minimum absolute atomic E-state index is 0.152. The second-order valence-electron chi connectivity index (χ2n) is 5.06. The Labute approximate surface area is 124 Å². The molecular formula is C16H21NO2S. The van der Waals surface area contributed by atoms with Gasteiger partial charge in [-0.2, -0.15) is 0 Å². The first-order chi connectivity index (χ1) is 9.61. The van der Waals surface area contributed by atoms with Gasteiger partial charge in [0.2, 0.25) is 0 Å². The summed E-state index contributed by atoms with van der Waals surface area (Å²) in [5, 5.41) is 3.47. The number of rotatable bonds is 6. The lowest BCUT2D eigenvalue weighted by Crippen LogP contribution is -2.35. The molecule has 20 heavy (non-hydrogen) atoms. The summed E-state index contributed by atoms with van der Waals surface area (Å²) in [6, 6.07) is 8.70. The molecule has 2 aromatic rings. The average Bonchev–Trinajstić information content (AvgIpc) is 2.82. The Morgan fingerprint density at radius 1 is 1.35 bits per heavy atom. The van der Waals surface area contributed by atoms with Crippen molar-refractivity contribution < 1.29 is 9.53 Å². The van der Waals surface area contributed by atoms with E-state index in [0.29, 0.717) is 19.2 Å². The monoisotopic (exact) mass is 291 g/mol. The zero-order chi connectivity index (χ0) is 14.5. The zero-order valence-electron chi connectivity index (χ0n) is 12.3. The highest BCUT2D eigenvalue weighted by molar-refractivity contribution is 7.17. The summed E-state index contributed by atoms with van der Waals surface area (Å²) in [6.45, 7) is 7.61. The fourth-order valence-electron chi connectivity index (χ4n) is 2.17. The quantitative estimate of drug-likeness (QED) is 0.760. The second-order valence-corrected chi connectivity index (χ2v) is 5.97. The zero-order valence-corrected chi connectivity index (χ0v) is 13.1. The smallest absolute Gasteiger partial charge is 0.320 e. The van der Waals surface area contributed by atoms with Gasteiger partial charge in [-0.3, -0.25) is 9.69 Å². The van der Waals surface area contributed by atoms with E-state index in [1.165, 1.54) is 15.6 Å². The number of hydrogen-bond acceptors (Lipinski definition) is 4. The van der Waals surface area contributed by atoms with Gasteiger partial charge in [-0.25, -0.2) is 0 Å².